The van der Waals surface area contributed by atoms with Crippen molar-refractivity contribution in [2.75, 3.05) is 23.1 Å². The van der Waals surface area contributed by atoms with Crippen LogP contribution in [0.2, 0.25) is 0 Å². The second-order valence-electron chi connectivity index (χ2n) is 6.71. The lowest BCUT2D eigenvalue weighted by molar-refractivity contribution is 0.0600. The van der Waals surface area contributed by atoms with Crippen LogP contribution in [0.25, 0.3) is 11.4 Å². The van der Waals surface area contributed by atoms with Crippen LogP contribution < -0.4 is 16.0 Å². The molecule has 0 aliphatic rings. The van der Waals surface area contributed by atoms with E-state index in [4.69, 9.17) is 4.74 Å². The van der Waals surface area contributed by atoms with E-state index in [0.717, 1.165) is 11.4 Å². The first-order valence-electron chi connectivity index (χ1n) is 9.71. The van der Waals surface area contributed by atoms with Gasteiger partial charge in [0.2, 0.25) is 5.95 Å². The van der Waals surface area contributed by atoms with Crippen molar-refractivity contribution in [2.24, 2.45) is 0 Å². The first-order valence-corrected chi connectivity index (χ1v) is 9.71. The van der Waals surface area contributed by atoms with Gasteiger partial charge in [-0.05, 0) is 54.6 Å². The van der Waals surface area contributed by atoms with E-state index in [1.54, 1.807) is 42.6 Å². The molecule has 0 unspecified atom stereocenters. The van der Waals surface area contributed by atoms with Gasteiger partial charge < -0.3 is 25.7 Å². The molecule has 2 aromatic carbocycles. The number of carbonyl (C=O) groups is 2. The lowest BCUT2D eigenvalue weighted by Crippen LogP contribution is -2.19. The van der Waals surface area contributed by atoms with Crippen LogP contribution in [0.15, 0.2) is 79.1 Å². The van der Waals surface area contributed by atoms with Crippen LogP contribution in [0.3, 0.4) is 0 Å². The summed E-state index contributed by atoms with van der Waals surface area (Å²) >= 11 is 0. The molecule has 2 amide bonds. The van der Waals surface area contributed by atoms with Gasteiger partial charge in [-0.3, -0.25) is 0 Å². The van der Waals surface area contributed by atoms with Crippen LogP contribution in [0, 0.1) is 0 Å². The molecular formula is C23H20N6O3. The summed E-state index contributed by atoms with van der Waals surface area (Å²) in [4.78, 5) is 35.9. The number of H-pyrrole nitrogens is 1. The number of aromatic nitrogens is 3. The molecule has 4 N–H and O–H groups in total. The van der Waals surface area contributed by atoms with Crippen molar-refractivity contribution in [3.63, 3.8) is 0 Å². The Kier molecular flexibility index (Phi) is 6.08. The second kappa shape index (κ2) is 9.43. The number of amides is 2. The Morgan fingerprint density at radius 1 is 0.906 bits per heavy atom. The van der Waals surface area contributed by atoms with Gasteiger partial charge in [0.1, 0.15) is 0 Å². The zero-order valence-corrected chi connectivity index (χ0v) is 17.1. The Morgan fingerprint density at radius 3 is 2.41 bits per heavy atom. The van der Waals surface area contributed by atoms with E-state index in [1.165, 1.54) is 13.2 Å². The van der Waals surface area contributed by atoms with Crippen LogP contribution in [-0.2, 0) is 4.74 Å². The van der Waals surface area contributed by atoms with Crippen molar-refractivity contribution in [3.8, 4) is 11.4 Å². The van der Waals surface area contributed by atoms with E-state index in [-0.39, 0.29) is 0 Å². The highest BCUT2D eigenvalue weighted by Crippen LogP contribution is 2.21. The first kappa shape index (κ1) is 20.6. The van der Waals surface area contributed by atoms with E-state index in [1.807, 2.05) is 30.5 Å². The Bertz CT molecular complexity index is 1240. The Balaban J connectivity index is 1.42. The zero-order valence-electron chi connectivity index (χ0n) is 17.1. The van der Waals surface area contributed by atoms with Crippen molar-refractivity contribution in [1.82, 2.24) is 15.0 Å². The minimum absolute atomic E-state index is 0.345. The Morgan fingerprint density at radius 2 is 1.66 bits per heavy atom. The molecule has 9 nitrogen and oxygen atoms in total. The van der Waals surface area contributed by atoms with Gasteiger partial charge in [0.15, 0.2) is 0 Å². The van der Waals surface area contributed by atoms with Gasteiger partial charge in [-0.25, -0.2) is 19.6 Å². The number of methoxy groups -OCH3 is 1. The molecule has 0 atom stereocenters. The third-order valence-electron chi connectivity index (χ3n) is 4.45. The van der Waals surface area contributed by atoms with E-state index in [2.05, 4.69) is 30.9 Å². The molecule has 4 aromatic rings. The molecule has 0 saturated heterocycles. The number of ether oxygens (including phenoxy) is 1. The van der Waals surface area contributed by atoms with E-state index in [0.29, 0.717) is 28.6 Å². The topological polar surface area (TPSA) is 121 Å². The van der Waals surface area contributed by atoms with Crippen LogP contribution in [0.5, 0.6) is 0 Å². The SMILES string of the molecule is COC(=O)c1cccc(NC(=O)Nc2cccc(Nc3nccc(-c4ccc[nH]4)n3)c2)c1. The normalized spacial score (nSPS) is 10.3. The zero-order chi connectivity index (χ0) is 22.3. The molecule has 32 heavy (non-hydrogen) atoms. The molecule has 0 aliphatic carbocycles. The number of aromatic amines is 1. The summed E-state index contributed by atoms with van der Waals surface area (Å²) in [5, 5.41) is 8.59. The number of nitrogens with one attached hydrogen (secondary N) is 4. The molecule has 160 valence electrons. The van der Waals surface area contributed by atoms with Crippen LogP contribution in [-0.4, -0.2) is 34.1 Å². The van der Waals surface area contributed by atoms with Crippen LogP contribution in [0.4, 0.5) is 27.8 Å². The number of hydrogen-bond acceptors (Lipinski definition) is 6. The highest BCUT2D eigenvalue weighted by atomic mass is 16.5. The highest BCUT2D eigenvalue weighted by Gasteiger charge is 2.09. The fourth-order valence-electron chi connectivity index (χ4n) is 3.00. The summed E-state index contributed by atoms with van der Waals surface area (Å²) < 4.78 is 4.70. The van der Waals surface area contributed by atoms with Crippen molar-refractivity contribution in [3.05, 3.63) is 84.7 Å². The average Bonchev–Trinajstić information content (AvgIpc) is 3.34. The number of esters is 1. The number of hydrogen-bond donors (Lipinski definition) is 4. The monoisotopic (exact) mass is 428 g/mol. The maximum absolute atomic E-state index is 12.4. The number of carbonyl (C=O) groups excluding carboxylic acids is 2. The molecule has 2 aromatic heterocycles. The Hall–Kier alpha value is -4.66. The lowest BCUT2D eigenvalue weighted by atomic mass is 10.2. The summed E-state index contributed by atoms with van der Waals surface area (Å²) in [6.07, 6.45) is 3.50. The minimum Gasteiger partial charge on any atom is -0.465 e. The van der Waals surface area contributed by atoms with Gasteiger partial charge in [0, 0.05) is 29.5 Å². The molecule has 9 heteroatoms. The number of anilines is 4. The quantitative estimate of drug-likeness (QED) is 0.332. The largest absolute Gasteiger partial charge is 0.465 e. The molecular weight excluding hydrogens is 408 g/mol. The maximum atomic E-state index is 12.4. The summed E-state index contributed by atoms with van der Waals surface area (Å²) in [6.45, 7) is 0. The predicted octanol–water partition coefficient (Wildman–Crippen LogP) is 4.65. The molecule has 0 saturated carbocycles. The van der Waals surface area contributed by atoms with Crippen molar-refractivity contribution < 1.29 is 14.3 Å². The average molecular weight is 428 g/mol. The lowest BCUT2D eigenvalue weighted by Gasteiger charge is -2.11. The van der Waals surface area contributed by atoms with E-state index >= 15 is 0 Å². The second-order valence-corrected chi connectivity index (χ2v) is 6.71. The number of urea groups is 1. The molecule has 4 rings (SSSR count). The summed E-state index contributed by atoms with van der Waals surface area (Å²) in [5.74, 6) is -0.0475. The van der Waals surface area contributed by atoms with Gasteiger partial charge in [0.05, 0.1) is 24.1 Å². The van der Waals surface area contributed by atoms with E-state index in [9.17, 15) is 9.59 Å². The highest BCUT2D eigenvalue weighted by molar-refractivity contribution is 6.01. The molecule has 0 spiro atoms. The summed E-state index contributed by atoms with van der Waals surface area (Å²) in [7, 11) is 1.30. The fraction of sp³-hybridized carbons (Fsp3) is 0.0435. The third kappa shape index (κ3) is 5.08. The molecule has 0 aliphatic heterocycles. The van der Waals surface area contributed by atoms with Gasteiger partial charge in [-0.15, -0.1) is 0 Å². The summed E-state index contributed by atoms with van der Waals surface area (Å²) in [6, 6.07) is 18.8. The first-order chi connectivity index (χ1) is 15.6. The third-order valence-corrected chi connectivity index (χ3v) is 4.45. The standard InChI is InChI=1S/C23H20N6O3/c1-32-21(30)15-5-2-6-16(13-15)27-23(31)28-18-8-3-7-17(14-18)26-22-25-12-10-20(29-22)19-9-4-11-24-19/h2-14,24H,1H3,(H,25,26,29)(H2,27,28,31). The number of benzene rings is 2. The van der Waals surface area contributed by atoms with Gasteiger partial charge in [0.25, 0.3) is 0 Å². The number of rotatable bonds is 6. The smallest absolute Gasteiger partial charge is 0.337 e. The summed E-state index contributed by atoms with van der Waals surface area (Å²) in [5.41, 5.74) is 3.73. The molecule has 2 heterocycles. The van der Waals surface area contributed by atoms with Gasteiger partial charge >= 0.3 is 12.0 Å². The molecule has 0 fully saturated rings. The predicted molar refractivity (Wildman–Crippen MR) is 122 cm³/mol. The van der Waals surface area contributed by atoms with Crippen molar-refractivity contribution >= 4 is 35.0 Å². The maximum Gasteiger partial charge on any atom is 0.337 e. The Labute approximate surface area is 183 Å². The molecule has 0 bridgehead atoms. The fourth-order valence-corrected chi connectivity index (χ4v) is 3.00. The number of nitrogens with zero attached hydrogens (tertiary/aromatic N) is 2. The van der Waals surface area contributed by atoms with Gasteiger partial charge in [-0.1, -0.05) is 12.1 Å². The van der Waals surface area contributed by atoms with Crippen LogP contribution >= 0.6 is 0 Å². The minimum atomic E-state index is -0.476. The van der Waals surface area contributed by atoms with Crippen molar-refractivity contribution in [1.29, 1.82) is 0 Å². The van der Waals surface area contributed by atoms with Gasteiger partial charge in [-0.2, -0.15) is 0 Å². The van der Waals surface area contributed by atoms with Crippen molar-refractivity contribution in [2.45, 2.75) is 0 Å². The molecule has 0 radical (unpaired) electrons. The van der Waals surface area contributed by atoms with E-state index < -0.39 is 12.0 Å². The van der Waals surface area contributed by atoms with Crippen LogP contribution in [0.1, 0.15) is 10.4 Å².